The van der Waals surface area contributed by atoms with E-state index in [1.54, 1.807) is 29.0 Å². The summed E-state index contributed by atoms with van der Waals surface area (Å²) in [5.41, 5.74) is 3.34. The van der Waals surface area contributed by atoms with Gasteiger partial charge in [0.05, 0.1) is 25.8 Å². The summed E-state index contributed by atoms with van der Waals surface area (Å²) in [5, 5.41) is 10.0. The Balaban J connectivity index is 1.34. The number of aliphatic hydroxyl groups excluding tert-OH is 1. The van der Waals surface area contributed by atoms with Gasteiger partial charge in [0.1, 0.15) is 12.3 Å². The first-order valence-electron chi connectivity index (χ1n) is 11.6. The van der Waals surface area contributed by atoms with Gasteiger partial charge >= 0.3 is 0 Å². The van der Waals surface area contributed by atoms with Crippen LogP contribution in [0.2, 0.25) is 0 Å². The van der Waals surface area contributed by atoms with Gasteiger partial charge < -0.3 is 19.6 Å². The Labute approximate surface area is 204 Å². The Morgan fingerprint density at radius 1 is 1.00 bits per heavy atom. The largest absolute Gasteiger partial charge is 0.497 e. The Kier molecular flexibility index (Phi) is 6.26. The fourth-order valence-corrected chi connectivity index (χ4v) is 5.05. The van der Waals surface area contributed by atoms with Crippen LogP contribution in [0.3, 0.4) is 0 Å². The first-order chi connectivity index (χ1) is 17.1. The molecular formula is C29H26N2O4. The van der Waals surface area contributed by atoms with Crippen LogP contribution in [0.25, 0.3) is 0 Å². The van der Waals surface area contributed by atoms with Crippen molar-refractivity contribution in [2.75, 3.05) is 26.8 Å². The van der Waals surface area contributed by atoms with Crippen LogP contribution in [0, 0.1) is 11.8 Å². The Morgan fingerprint density at radius 3 is 2.46 bits per heavy atom. The first kappa shape index (κ1) is 22.7. The summed E-state index contributed by atoms with van der Waals surface area (Å²) in [5.74, 6) is 6.77. The Hall–Kier alpha value is -4.08. The van der Waals surface area contributed by atoms with Gasteiger partial charge in [0.25, 0.3) is 5.91 Å². The quantitative estimate of drug-likeness (QED) is 0.601. The minimum Gasteiger partial charge on any atom is -0.497 e. The van der Waals surface area contributed by atoms with Crippen LogP contribution in [0.1, 0.15) is 33.0 Å². The standard InChI is InChI=1S/C29H26N2O4/c1-35-24-9-5-6-21(16-24)11-10-20-12-14-22(15-13-20)28-25-17-30(18-27(33)31(25)26(28)19-32)29(34)23-7-3-2-4-8-23/h2-9,12-16,25-26,28,32H,17-19H2,1H3/t25-,26+,28+/m0/s1. The van der Waals surface area contributed by atoms with Gasteiger partial charge in [0, 0.05) is 29.2 Å². The number of rotatable bonds is 4. The molecule has 2 heterocycles. The van der Waals surface area contributed by atoms with Crippen LogP contribution >= 0.6 is 0 Å². The number of aliphatic hydroxyl groups is 1. The van der Waals surface area contributed by atoms with Crippen molar-refractivity contribution >= 4 is 11.8 Å². The zero-order chi connectivity index (χ0) is 24.4. The topological polar surface area (TPSA) is 70.1 Å². The summed E-state index contributed by atoms with van der Waals surface area (Å²) in [6.07, 6.45) is 0. The lowest BCUT2D eigenvalue weighted by atomic mass is 9.73. The van der Waals surface area contributed by atoms with Crippen molar-refractivity contribution in [2.24, 2.45) is 0 Å². The predicted octanol–water partition coefficient (Wildman–Crippen LogP) is 2.91. The third-order valence-electron chi connectivity index (χ3n) is 6.78. The maximum absolute atomic E-state index is 13.0. The molecule has 0 aliphatic carbocycles. The SMILES string of the molecule is COc1cccc(C#Cc2ccc([C@H]3[C@@H](CO)N4C(=O)CN(C(=O)c5ccccc5)C[C@@H]34)cc2)c1. The molecule has 2 saturated heterocycles. The molecule has 3 aromatic carbocycles. The van der Waals surface area contributed by atoms with E-state index in [0.29, 0.717) is 12.1 Å². The third kappa shape index (κ3) is 4.39. The molecule has 2 aliphatic heterocycles. The molecule has 176 valence electrons. The molecule has 0 radical (unpaired) electrons. The van der Waals surface area contributed by atoms with Gasteiger partial charge in [0.2, 0.25) is 5.91 Å². The zero-order valence-corrected chi connectivity index (χ0v) is 19.4. The van der Waals surface area contributed by atoms with Gasteiger partial charge in [-0.15, -0.1) is 0 Å². The lowest BCUT2D eigenvalue weighted by Crippen LogP contribution is -2.73. The third-order valence-corrected chi connectivity index (χ3v) is 6.78. The van der Waals surface area contributed by atoms with Crippen LogP contribution < -0.4 is 4.74 Å². The molecule has 1 N–H and O–H groups in total. The van der Waals surface area contributed by atoms with Crippen LogP contribution in [0.15, 0.2) is 78.9 Å². The van der Waals surface area contributed by atoms with E-state index in [1.807, 2.05) is 66.7 Å². The minimum atomic E-state index is -0.282. The van der Waals surface area contributed by atoms with Crippen LogP contribution in [0.5, 0.6) is 5.75 Å². The van der Waals surface area contributed by atoms with Crippen molar-refractivity contribution in [3.63, 3.8) is 0 Å². The summed E-state index contributed by atoms with van der Waals surface area (Å²) in [6, 6.07) is 24.1. The van der Waals surface area contributed by atoms with E-state index in [4.69, 9.17) is 4.74 Å². The highest BCUT2D eigenvalue weighted by molar-refractivity contribution is 5.97. The number of methoxy groups -OCH3 is 1. The van der Waals surface area contributed by atoms with Gasteiger partial charge in [-0.05, 0) is 48.0 Å². The van der Waals surface area contributed by atoms with E-state index < -0.39 is 0 Å². The molecule has 5 rings (SSSR count). The molecule has 35 heavy (non-hydrogen) atoms. The Morgan fingerprint density at radius 2 is 1.74 bits per heavy atom. The molecule has 3 aromatic rings. The number of amides is 2. The van der Waals surface area contributed by atoms with Gasteiger partial charge in [-0.2, -0.15) is 0 Å². The van der Waals surface area contributed by atoms with E-state index >= 15 is 0 Å². The second-order valence-electron chi connectivity index (χ2n) is 8.80. The highest BCUT2D eigenvalue weighted by Crippen LogP contribution is 2.43. The summed E-state index contributed by atoms with van der Waals surface area (Å²) in [4.78, 5) is 29.2. The van der Waals surface area contributed by atoms with Crippen molar-refractivity contribution in [3.8, 4) is 17.6 Å². The zero-order valence-electron chi connectivity index (χ0n) is 19.4. The fraction of sp³-hybridized carbons (Fsp3) is 0.241. The molecule has 0 unspecified atom stereocenters. The summed E-state index contributed by atoms with van der Waals surface area (Å²) in [6.45, 7) is 0.362. The fourth-order valence-electron chi connectivity index (χ4n) is 5.05. The number of benzene rings is 3. The maximum atomic E-state index is 13.0. The van der Waals surface area contributed by atoms with E-state index in [0.717, 1.165) is 22.4 Å². The molecular weight excluding hydrogens is 440 g/mol. The number of carbonyl (C=O) groups is 2. The summed E-state index contributed by atoms with van der Waals surface area (Å²) < 4.78 is 5.25. The summed E-state index contributed by atoms with van der Waals surface area (Å²) >= 11 is 0. The van der Waals surface area contributed by atoms with Crippen LogP contribution in [-0.4, -0.2) is 65.6 Å². The number of hydrogen-bond donors (Lipinski definition) is 1. The van der Waals surface area contributed by atoms with Gasteiger partial charge in [-0.25, -0.2) is 0 Å². The molecule has 0 spiro atoms. The summed E-state index contributed by atoms with van der Waals surface area (Å²) in [7, 11) is 1.63. The normalized spacial score (nSPS) is 20.9. The average molecular weight is 467 g/mol. The number of nitrogens with zero attached hydrogens (tertiary/aromatic N) is 2. The Bertz CT molecular complexity index is 1290. The van der Waals surface area contributed by atoms with Crippen LogP contribution in [0.4, 0.5) is 0 Å². The molecule has 6 nitrogen and oxygen atoms in total. The molecule has 2 aliphatic rings. The first-order valence-corrected chi connectivity index (χ1v) is 11.6. The maximum Gasteiger partial charge on any atom is 0.254 e. The van der Waals surface area contributed by atoms with E-state index in [2.05, 4.69) is 11.8 Å². The average Bonchev–Trinajstić information content (AvgIpc) is 2.89. The number of fused-ring (bicyclic) bond motifs is 1. The number of piperazine rings is 1. The lowest BCUT2D eigenvalue weighted by Gasteiger charge is -2.58. The smallest absolute Gasteiger partial charge is 0.254 e. The lowest BCUT2D eigenvalue weighted by molar-refractivity contribution is -0.159. The van der Waals surface area contributed by atoms with E-state index in [9.17, 15) is 14.7 Å². The predicted molar refractivity (Wildman–Crippen MR) is 132 cm³/mol. The second-order valence-corrected chi connectivity index (χ2v) is 8.80. The number of ether oxygens (including phenoxy) is 1. The molecule has 6 heteroatoms. The molecule has 0 bridgehead atoms. The molecule has 0 aromatic heterocycles. The minimum absolute atomic E-state index is 0.0340. The number of hydrogen-bond acceptors (Lipinski definition) is 4. The monoisotopic (exact) mass is 466 g/mol. The van der Waals surface area contributed by atoms with E-state index in [1.165, 1.54) is 0 Å². The van der Waals surface area contributed by atoms with Gasteiger partial charge in [-0.3, -0.25) is 9.59 Å². The van der Waals surface area contributed by atoms with Crippen molar-refractivity contribution in [1.82, 2.24) is 9.80 Å². The van der Waals surface area contributed by atoms with Gasteiger partial charge in [0.15, 0.2) is 0 Å². The van der Waals surface area contributed by atoms with Crippen molar-refractivity contribution < 1.29 is 19.4 Å². The van der Waals surface area contributed by atoms with Crippen molar-refractivity contribution in [2.45, 2.75) is 18.0 Å². The van der Waals surface area contributed by atoms with Crippen molar-refractivity contribution in [3.05, 3.63) is 101 Å². The van der Waals surface area contributed by atoms with E-state index in [-0.39, 0.29) is 43.0 Å². The van der Waals surface area contributed by atoms with Gasteiger partial charge in [-0.1, -0.05) is 48.2 Å². The molecule has 2 fully saturated rings. The molecule has 2 amide bonds. The highest BCUT2D eigenvalue weighted by atomic mass is 16.5. The molecule has 0 saturated carbocycles. The molecule has 3 atom stereocenters. The van der Waals surface area contributed by atoms with Crippen molar-refractivity contribution in [1.29, 1.82) is 0 Å². The second kappa shape index (κ2) is 9.65. The number of carbonyl (C=O) groups excluding carboxylic acids is 2. The van der Waals surface area contributed by atoms with Crippen LogP contribution in [-0.2, 0) is 4.79 Å². The highest BCUT2D eigenvalue weighted by Gasteiger charge is 2.54.